The first-order chi connectivity index (χ1) is 15.9. The summed E-state index contributed by atoms with van der Waals surface area (Å²) < 4.78 is 27.9. The van der Waals surface area contributed by atoms with Crippen molar-refractivity contribution in [2.75, 3.05) is 25.0 Å². The number of rotatable bonds is 7. The van der Waals surface area contributed by atoms with E-state index < -0.39 is 15.3 Å². The van der Waals surface area contributed by atoms with Gasteiger partial charge in [0.05, 0.1) is 10.3 Å². The van der Waals surface area contributed by atoms with Crippen LogP contribution in [-0.2, 0) is 34.3 Å². The predicted molar refractivity (Wildman–Crippen MR) is 129 cm³/mol. The lowest BCUT2D eigenvalue weighted by molar-refractivity contribution is -0.111. The van der Waals surface area contributed by atoms with Gasteiger partial charge < -0.3 is 15.5 Å². The zero-order valence-electron chi connectivity index (χ0n) is 18.3. The number of amides is 3. The van der Waals surface area contributed by atoms with E-state index in [-0.39, 0.29) is 11.9 Å². The van der Waals surface area contributed by atoms with Crippen LogP contribution in [0.1, 0.15) is 28.8 Å². The molecule has 0 radical (unpaired) electrons. The van der Waals surface area contributed by atoms with Crippen LogP contribution in [0.2, 0.25) is 0 Å². The molecule has 1 saturated heterocycles. The SMILES string of the molecule is C=CC(=O)Nc1cc2c(s1)CN(S(=O)(=O)C1CCN(C(=O)NCCc3ccccc3)CC1)C2. The van der Waals surface area contributed by atoms with Crippen molar-refractivity contribution >= 4 is 38.3 Å². The second-order valence-electron chi connectivity index (χ2n) is 8.22. The van der Waals surface area contributed by atoms with Crippen molar-refractivity contribution in [3.8, 4) is 0 Å². The molecule has 1 aromatic heterocycles. The molecule has 2 aliphatic rings. The molecule has 3 heterocycles. The molecule has 0 saturated carbocycles. The van der Waals surface area contributed by atoms with E-state index in [4.69, 9.17) is 0 Å². The number of sulfonamides is 1. The van der Waals surface area contributed by atoms with E-state index in [0.29, 0.717) is 50.6 Å². The van der Waals surface area contributed by atoms with Gasteiger partial charge in [-0.1, -0.05) is 36.9 Å². The van der Waals surface area contributed by atoms with Gasteiger partial charge in [-0.05, 0) is 42.5 Å². The zero-order chi connectivity index (χ0) is 23.4. The average molecular weight is 489 g/mol. The van der Waals surface area contributed by atoms with Crippen LogP contribution < -0.4 is 10.6 Å². The summed E-state index contributed by atoms with van der Waals surface area (Å²) in [5.74, 6) is -0.282. The molecule has 0 bridgehead atoms. The van der Waals surface area contributed by atoms with Crippen LogP contribution in [0.25, 0.3) is 0 Å². The maximum absolute atomic E-state index is 13.2. The average Bonchev–Trinajstić information content (AvgIpc) is 3.39. The number of hydrogen-bond donors (Lipinski definition) is 2. The molecule has 8 nitrogen and oxygen atoms in total. The van der Waals surface area contributed by atoms with Crippen LogP contribution in [0.3, 0.4) is 0 Å². The van der Waals surface area contributed by atoms with Crippen LogP contribution >= 0.6 is 11.3 Å². The molecule has 176 valence electrons. The lowest BCUT2D eigenvalue weighted by atomic mass is 10.1. The summed E-state index contributed by atoms with van der Waals surface area (Å²) in [4.78, 5) is 26.6. The number of nitrogens with zero attached hydrogens (tertiary/aromatic N) is 2. The molecule has 10 heteroatoms. The number of benzene rings is 1. The molecule has 0 unspecified atom stereocenters. The van der Waals surface area contributed by atoms with Crippen molar-refractivity contribution < 1.29 is 18.0 Å². The molecule has 4 rings (SSSR count). The van der Waals surface area contributed by atoms with Crippen LogP contribution in [0.4, 0.5) is 9.80 Å². The van der Waals surface area contributed by atoms with E-state index >= 15 is 0 Å². The standard InChI is InChI=1S/C23H28N4O4S2/c1-2-21(28)25-22-14-18-15-27(16-20(18)32-22)33(30,31)19-9-12-26(13-10-19)23(29)24-11-8-17-6-4-3-5-7-17/h2-7,14,19H,1,8-13,15-16H2,(H,24,29)(H,25,28). The predicted octanol–water partition coefficient (Wildman–Crippen LogP) is 2.93. The van der Waals surface area contributed by atoms with Crippen molar-refractivity contribution in [3.63, 3.8) is 0 Å². The van der Waals surface area contributed by atoms with Gasteiger partial charge in [-0.15, -0.1) is 11.3 Å². The molecule has 3 amide bonds. The van der Waals surface area contributed by atoms with Gasteiger partial charge in [-0.2, -0.15) is 4.31 Å². The number of nitrogens with one attached hydrogen (secondary N) is 2. The second-order valence-corrected chi connectivity index (χ2v) is 11.6. The smallest absolute Gasteiger partial charge is 0.317 e. The Kier molecular flexibility index (Phi) is 7.16. The molecule has 2 N–H and O–H groups in total. The summed E-state index contributed by atoms with van der Waals surface area (Å²) in [6, 6.07) is 11.7. The van der Waals surface area contributed by atoms with Crippen molar-refractivity contribution in [3.05, 3.63) is 65.1 Å². The van der Waals surface area contributed by atoms with Crippen LogP contribution in [-0.4, -0.2) is 54.4 Å². The second kappa shape index (κ2) is 10.1. The van der Waals surface area contributed by atoms with Crippen molar-refractivity contribution in [2.45, 2.75) is 37.6 Å². The highest BCUT2D eigenvalue weighted by molar-refractivity contribution is 7.89. The van der Waals surface area contributed by atoms with E-state index in [1.807, 2.05) is 36.4 Å². The number of urea groups is 1. The minimum Gasteiger partial charge on any atom is -0.338 e. The zero-order valence-corrected chi connectivity index (χ0v) is 20.0. The summed E-state index contributed by atoms with van der Waals surface area (Å²) in [6.07, 6.45) is 2.82. The van der Waals surface area contributed by atoms with Crippen LogP contribution in [0.15, 0.2) is 49.1 Å². The number of likely N-dealkylation sites (tertiary alicyclic amines) is 1. The van der Waals surface area contributed by atoms with E-state index in [9.17, 15) is 18.0 Å². The Morgan fingerprint density at radius 1 is 1.15 bits per heavy atom. The number of fused-ring (bicyclic) bond motifs is 1. The van der Waals surface area contributed by atoms with Gasteiger partial charge >= 0.3 is 6.03 Å². The first-order valence-electron chi connectivity index (χ1n) is 11.0. The number of anilines is 1. The summed E-state index contributed by atoms with van der Waals surface area (Å²) in [6.45, 7) is 5.48. The number of thiophene rings is 1. The number of piperidine rings is 1. The van der Waals surface area contributed by atoms with Crippen molar-refractivity contribution in [1.29, 1.82) is 0 Å². The summed E-state index contributed by atoms with van der Waals surface area (Å²) in [5, 5.41) is 5.88. The molecular weight excluding hydrogens is 460 g/mol. The monoisotopic (exact) mass is 488 g/mol. The highest BCUT2D eigenvalue weighted by Gasteiger charge is 2.39. The van der Waals surface area contributed by atoms with E-state index in [1.165, 1.54) is 21.7 Å². The number of hydrogen-bond acceptors (Lipinski definition) is 5. The fourth-order valence-corrected chi connectivity index (χ4v) is 7.22. The van der Waals surface area contributed by atoms with Crippen molar-refractivity contribution in [2.24, 2.45) is 0 Å². The molecule has 33 heavy (non-hydrogen) atoms. The largest absolute Gasteiger partial charge is 0.338 e. The normalized spacial score (nSPS) is 16.9. The Morgan fingerprint density at radius 2 is 1.88 bits per heavy atom. The quantitative estimate of drug-likeness (QED) is 0.586. The Balaban J connectivity index is 1.25. The third-order valence-corrected chi connectivity index (χ3v) is 9.41. The maximum atomic E-state index is 13.2. The van der Waals surface area contributed by atoms with E-state index in [2.05, 4.69) is 17.2 Å². The first kappa shape index (κ1) is 23.5. The number of carbonyl (C=O) groups is 2. The Bertz CT molecular complexity index is 1100. The highest BCUT2D eigenvalue weighted by atomic mass is 32.2. The van der Waals surface area contributed by atoms with E-state index in [1.54, 1.807) is 4.90 Å². The van der Waals surface area contributed by atoms with Gasteiger partial charge in [0.25, 0.3) is 0 Å². The minimum absolute atomic E-state index is 0.140. The molecule has 0 aliphatic carbocycles. The highest BCUT2D eigenvalue weighted by Crippen LogP contribution is 2.37. The number of carbonyl (C=O) groups excluding carboxylic acids is 2. The Labute approximate surface area is 198 Å². The first-order valence-corrected chi connectivity index (χ1v) is 13.3. The maximum Gasteiger partial charge on any atom is 0.317 e. The van der Waals surface area contributed by atoms with Crippen molar-refractivity contribution in [1.82, 2.24) is 14.5 Å². The third-order valence-electron chi connectivity index (χ3n) is 6.04. The van der Waals surface area contributed by atoms with E-state index in [0.717, 1.165) is 22.4 Å². The van der Waals surface area contributed by atoms with Crippen LogP contribution in [0.5, 0.6) is 0 Å². The fraction of sp³-hybridized carbons (Fsp3) is 0.391. The molecule has 2 aliphatic heterocycles. The fourth-order valence-electron chi connectivity index (χ4n) is 4.19. The van der Waals surface area contributed by atoms with Gasteiger partial charge in [0.1, 0.15) is 0 Å². The minimum atomic E-state index is -3.46. The van der Waals surface area contributed by atoms with Gasteiger partial charge in [0.2, 0.25) is 15.9 Å². The molecular formula is C23H28N4O4S2. The molecule has 1 aromatic carbocycles. The molecule has 1 fully saturated rings. The van der Waals surface area contributed by atoms with Gasteiger partial charge in [-0.3, -0.25) is 4.79 Å². The third kappa shape index (κ3) is 5.45. The Hall–Kier alpha value is -2.69. The summed E-state index contributed by atoms with van der Waals surface area (Å²) >= 11 is 1.40. The van der Waals surface area contributed by atoms with Gasteiger partial charge in [0.15, 0.2) is 0 Å². The van der Waals surface area contributed by atoms with Gasteiger partial charge in [0, 0.05) is 37.6 Å². The summed E-state index contributed by atoms with van der Waals surface area (Å²) in [5.41, 5.74) is 2.09. The lowest BCUT2D eigenvalue weighted by Gasteiger charge is -2.33. The lowest BCUT2D eigenvalue weighted by Crippen LogP contribution is -2.49. The summed E-state index contributed by atoms with van der Waals surface area (Å²) in [7, 11) is -3.46. The molecule has 0 spiro atoms. The van der Waals surface area contributed by atoms with Gasteiger partial charge in [-0.25, -0.2) is 13.2 Å². The molecule has 0 atom stereocenters. The Morgan fingerprint density at radius 3 is 2.55 bits per heavy atom. The molecule has 2 aromatic rings. The van der Waals surface area contributed by atoms with Crippen LogP contribution in [0, 0.1) is 0 Å². The topological polar surface area (TPSA) is 98.8 Å².